The van der Waals surface area contributed by atoms with Gasteiger partial charge in [-0.25, -0.2) is 14.6 Å². The standard InChI is InChI=1S/C14H12ClN5O2/c15-13-12-6-20-14(16-7-18-20)10-5-9(22-4-3-21)1-2-11(10)19(12)8-17-13/h1-2,5,7-8,21H,3-4,6H2. The highest BCUT2D eigenvalue weighted by Gasteiger charge is 2.23. The maximum absolute atomic E-state index is 8.89. The summed E-state index contributed by atoms with van der Waals surface area (Å²) in [5.41, 5.74) is 2.65. The Labute approximate surface area is 130 Å². The summed E-state index contributed by atoms with van der Waals surface area (Å²) >= 11 is 6.18. The number of aliphatic hydroxyl groups excluding tert-OH is 1. The number of hydrogen-bond acceptors (Lipinski definition) is 5. The topological polar surface area (TPSA) is 78.0 Å². The second-order valence-corrected chi connectivity index (χ2v) is 5.20. The molecular weight excluding hydrogens is 306 g/mol. The fourth-order valence-corrected chi connectivity index (χ4v) is 2.78. The predicted octanol–water partition coefficient (Wildman–Crippen LogP) is 1.52. The molecule has 0 radical (unpaired) electrons. The number of ether oxygens (including phenoxy) is 1. The van der Waals surface area contributed by atoms with Gasteiger partial charge in [-0.2, -0.15) is 5.10 Å². The van der Waals surface area contributed by atoms with E-state index in [2.05, 4.69) is 15.1 Å². The molecule has 22 heavy (non-hydrogen) atoms. The Bertz CT molecular complexity index is 842. The Morgan fingerprint density at radius 1 is 1.32 bits per heavy atom. The average Bonchev–Trinajstić information content (AvgIpc) is 3.11. The molecule has 1 N–H and O–H groups in total. The summed E-state index contributed by atoms with van der Waals surface area (Å²) in [6.07, 6.45) is 3.21. The first kappa shape index (κ1) is 13.3. The molecule has 112 valence electrons. The zero-order valence-electron chi connectivity index (χ0n) is 11.5. The molecule has 0 fully saturated rings. The molecule has 0 bridgehead atoms. The minimum atomic E-state index is -0.0332. The lowest BCUT2D eigenvalue weighted by Gasteiger charge is -2.11. The largest absolute Gasteiger partial charge is 0.491 e. The first-order valence-electron chi connectivity index (χ1n) is 6.76. The molecule has 0 saturated heterocycles. The van der Waals surface area contributed by atoms with Crippen LogP contribution in [0.2, 0.25) is 5.15 Å². The Morgan fingerprint density at radius 3 is 3.09 bits per heavy atom. The summed E-state index contributed by atoms with van der Waals surface area (Å²) in [7, 11) is 0. The third-order valence-electron chi connectivity index (χ3n) is 3.56. The highest BCUT2D eigenvalue weighted by Crippen LogP contribution is 2.34. The molecule has 3 heterocycles. The van der Waals surface area contributed by atoms with Crippen LogP contribution in [-0.4, -0.2) is 42.6 Å². The van der Waals surface area contributed by atoms with Gasteiger partial charge in [-0.15, -0.1) is 0 Å². The number of imidazole rings is 1. The van der Waals surface area contributed by atoms with Crippen LogP contribution in [0, 0.1) is 0 Å². The SMILES string of the molecule is OCCOc1ccc2c(c1)-c1ncnn1Cc1c(Cl)ncn1-2. The third-order valence-corrected chi connectivity index (χ3v) is 3.87. The molecule has 2 aromatic heterocycles. The van der Waals surface area contributed by atoms with Crippen LogP contribution in [0.15, 0.2) is 30.9 Å². The molecule has 0 atom stereocenters. The van der Waals surface area contributed by atoms with Crippen LogP contribution in [-0.2, 0) is 6.54 Å². The number of aromatic nitrogens is 5. The maximum Gasteiger partial charge on any atom is 0.160 e. The number of aliphatic hydroxyl groups is 1. The van der Waals surface area contributed by atoms with E-state index >= 15 is 0 Å². The van der Waals surface area contributed by atoms with Crippen molar-refractivity contribution in [2.45, 2.75) is 6.54 Å². The minimum Gasteiger partial charge on any atom is -0.491 e. The fourth-order valence-electron chi connectivity index (χ4n) is 2.59. The van der Waals surface area contributed by atoms with Gasteiger partial charge in [-0.1, -0.05) is 11.6 Å². The van der Waals surface area contributed by atoms with Crippen LogP contribution >= 0.6 is 11.6 Å². The number of nitrogens with zero attached hydrogens (tertiary/aromatic N) is 5. The molecule has 0 spiro atoms. The number of fused-ring (bicyclic) bond motifs is 5. The summed E-state index contributed by atoms with van der Waals surface area (Å²) in [4.78, 5) is 8.51. The summed E-state index contributed by atoms with van der Waals surface area (Å²) in [5.74, 6) is 1.40. The van der Waals surface area contributed by atoms with E-state index in [0.29, 0.717) is 17.4 Å². The molecule has 1 aliphatic rings. The van der Waals surface area contributed by atoms with Gasteiger partial charge in [0.1, 0.15) is 25.0 Å². The Hall–Kier alpha value is -2.38. The highest BCUT2D eigenvalue weighted by atomic mass is 35.5. The summed E-state index contributed by atoms with van der Waals surface area (Å²) in [6.45, 7) is 0.706. The lowest BCUT2D eigenvalue weighted by atomic mass is 10.1. The molecular formula is C14H12ClN5O2. The number of benzene rings is 1. The van der Waals surface area contributed by atoms with Gasteiger partial charge >= 0.3 is 0 Å². The van der Waals surface area contributed by atoms with E-state index in [1.807, 2.05) is 22.8 Å². The number of halogens is 1. The zero-order chi connectivity index (χ0) is 15.1. The molecule has 0 aliphatic carbocycles. The van der Waals surface area contributed by atoms with E-state index in [1.54, 1.807) is 11.0 Å². The van der Waals surface area contributed by atoms with E-state index in [4.69, 9.17) is 21.4 Å². The molecule has 0 saturated carbocycles. The summed E-state index contributed by atoms with van der Waals surface area (Å²) in [6, 6.07) is 5.65. The van der Waals surface area contributed by atoms with Crippen LogP contribution in [0.3, 0.4) is 0 Å². The second-order valence-electron chi connectivity index (χ2n) is 4.84. The van der Waals surface area contributed by atoms with Crippen LogP contribution in [0.25, 0.3) is 17.1 Å². The lowest BCUT2D eigenvalue weighted by Crippen LogP contribution is -2.04. The monoisotopic (exact) mass is 317 g/mol. The first-order valence-corrected chi connectivity index (χ1v) is 7.13. The number of rotatable bonds is 3. The van der Waals surface area contributed by atoms with Gasteiger partial charge in [0.15, 0.2) is 11.0 Å². The van der Waals surface area contributed by atoms with Crippen LogP contribution in [0.4, 0.5) is 0 Å². The van der Waals surface area contributed by atoms with E-state index < -0.39 is 0 Å². The molecule has 1 aliphatic heterocycles. The molecule has 4 rings (SSSR count). The van der Waals surface area contributed by atoms with Crippen molar-refractivity contribution in [3.8, 4) is 22.8 Å². The maximum atomic E-state index is 8.89. The van der Waals surface area contributed by atoms with Crippen LogP contribution in [0.5, 0.6) is 5.75 Å². The Kier molecular flexibility index (Phi) is 3.09. The van der Waals surface area contributed by atoms with Gasteiger partial charge in [0.2, 0.25) is 0 Å². The van der Waals surface area contributed by atoms with Crippen molar-refractivity contribution < 1.29 is 9.84 Å². The predicted molar refractivity (Wildman–Crippen MR) is 79.3 cm³/mol. The van der Waals surface area contributed by atoms with E-state index in [0.717, 1.165) is 22.8 Å². The number of hydrogen-bond donors (Lipinski definition) is 1. The molecule has 7 nitrogen and oxygen atoms in total. The van der Waals surface area contributed by atoms with Gasteiger partial charge in [-0.3, -0.25) is 4.57 Å². The summed E-state index contributed by atoms with van der Waals surface area (Å²) in [5, 5.41) is 13.6. The second kappa shape index (κ2) is 5.11. The Morgan fingerprint density at radius 2 is 2.23 bits per heavy atom. The van der Waals surface area contributed by atoms with Gasteiger partial charge in [0, 0.05) is 5.56 Å². The van der Waals surface area contributed by atoms with Crippen molar-refractivity contribution in [3.63, 3.8) is 0 Å². The smallest absolute Gasteiger partial charge is 0.160 e. The van der Waals surface area contributed by atoms with Gasteiger partial charge in [0.25, 0.3) is 0 Å². The van der Waals surface area contributed by atoms with Gasteiger partial charge in [-0.05, 0) is 18.2 Å². The molecule has 8 heteroatoms. The van der Waals surface area contributed by atoms with Crippen LogP contribution in [0.1, 0.15) is 5.69 Å². The molecule has 3 aromatic rings. The third kappa shape index (κ3) is 1.98. The van der Waals surface area contributed by atoms with Crippen molar-refractivity contribution in [1.29, 1.82) is 0 Å². The molecule has 0 amide bonds. The lowest BCUT2D eigenvalue weighted by molar-refractivity contribution is 0.201. The zero-order valence-corrected chi connectivity index (χ0v) is 12.2. The summed E-state index contributed by atoms with van der Waals surface area (Å²) < 4.78 is 9.20. The van der Waals surface area contributed by atoms with E-state index in [9.17, 15) is 0 Å². The minimum absolute atomic E-state index is 0.0332. The highest BCUT2D eigenvalue weighted by molar-refractivity contribution is 6.30. The van der Waals surface area contributed by atoms with Crippen molar-refractivity contribution in [2.75, 3.05) is 13.2 Å². The average molecular weight is 318 g/mol. The normalized spacial score (nSPS) is 12.3. The fraction of sp³-hybridized carbons (Fsp3) is 0.214. The van der Waals surface area contributed by atoms with Crippen molar-refractivity contribution in [1.82, 2.24) is 24.3 Å². The van der Waals surface area contributed by atoms with Crippen LogP contribution < -0.4 is 4.74 Å². The molecule has 1 aromatic carbocycles. The first-order chi connectivity index (χ1) is 10.8. The van der Waals surface area contributed by atoms with Crippen molar-refractivity contribution in [3.05, 3.63) is 41.7 Å². The van der Waals surface area contributed by atoms with Gasteiger partial charge < -0.3 is 9.84 Å². The van der Waals surface area contributed by atoms with Crippen molar-refractivity contribution in [2.24, 2.45) is 0 Å². The van der Waals surface area contributed by atoms with Gasteiger partial charge in [0.05, 0.1) is 24.5 Å². The molecule has 0 unspecified atom stereocenters. The van der Waals surface area contributed by atoms with E-state index in [1.165, 1.54) is 6.33 Å². The van der Waals surface area contributed by atoms with E-state index in [-0.39, 0.29) is 13.2 Å². The van der Waals surface area contributed by atoms with Crippen molar-refractivity contribution >= 4 is 11.6 Å². The Balaban J connectivity index is 1.93. The quantitative estimate of drug-likeness (QED) is 0.620.